The molecule has 14 heavy (non-hydrogen) atoms. The molecule has 0 radical (unpaired) electrons. The van der Waals surface area contributed by atoms with Crippen LogP contribution in [0.25, 0.3) is 0 Å². The Morgan fingerprint density at radius 1 is 1.29 bits per heavy atom. The second-order valence-electron chi connectivity index (χ2n) is 4.85. The normalized spacial score (nSPS) is 21.4. The first-order valence-corrected chi connectivity index (χ1v) is 6.09. The molecule has 84 valence electrons. The van der Waals surface area contributed by atoms with Crippen LogP contribution in [0.1, 0.15) is 32.6 Å². The summed E-state index contributed by atoms with van der Waals surface area (Å²) in [6, 6.07) is 0. The largest absolute Gasteiger partial charge is 0.317 e. The molecule has 2 heteroatoms. The summed E-state index contributed by atoms with van der Waals surface area (Å²) < 4.78 is 0. The van der Waals surface area contributed by atoms with Gasteiger partial charge in [-0.1, -0.05) is 13.3 Å². The molecule has 0 aromatic carbocycles. The van der Waals surface area contributed by atoms with E-state index >= 15 is 0 Å². The van der Waals surface area contributed by atoms with Gasteiger partial charge < -0.3 is 10.2 Å². The lowest BCUT2D eigenvalue weighted by Gasteiger charge is -2.30. The van der Waals surface area contributed by atoms with E-state index < -0.39 is 0 Å². The molecule has 0 amide bonds. The van der Waals surface area contributed by atoms with E-state index in [4.69, 9.17) is 0 Å². The van der Waals surface area contributed by atoms with Crippen LogP contribution in [-0.4, -0.2) is 38.6 Å². The van der Waals surface area contributed by atoms with Gasteiger partial charge in [-0.2, -0.15) is 0 Å². The van der Waals surface area contributed by atoms with Gasteiger partial charge in [0.15, 0.2) is 0 Å². The molecular formula is C12H26N2. The summed E-state index contributed by atoms with van der Waals surface area (Å²) in [5.74, 6) is 1.95. The Hall–Kier alpha value is -0.0800. The molecule has 1 N–H and O–H groups in total. The second kappa shape index (κ2) is 6.41. The molecule has 0 aliphatic carbocycles. The standard InChI is InChI=1S/C12H26N2/c1-4-11(7-10-14(2)3)12-5-8-13-9-6-12/h11-13H,4-10H2,1-3H3. The quantitative estimate of drug-likeness (QED) is 0.726. The van der Waals surface area contributed by atoms with E-state index in [0.717, 1.165) is 11.8 Å². The Labute approximate surface area is 89.1 Å². The van der Waals surface area contributed by atoms with Gasteiger partial charge in [0.05, 0.1) is 0 Å². The van der Waals surface area contributed by atoms with Gasteiger partial charge in [0, 0.05) is 0 Å². The molecule has 1 saturated heterocycles. The van der Waals surface area contributed by atoms with Crippen LogP contribution in [0.3, 0.4) is 0 Å². The molecule has 0 bridgehead atoms. The van der Waals surface area contributed by atoms with Crippen LogP contribution in [0.5, 0.6) is 0 Å². The first-order chi connectivity index (χ1) is 6.74. The Morgan fingerprint density at radius 2 is 1.93 bits per heavy atom. The number of piperidine rings is 1. The highest BCUT2D eigenvalue weighted by Gasteiger charge is 2.21. The van der Waals surface area contributed by atoms with Crippen LogP contribution in [0, 0.1) is 11.8 Å². The maximum Gasteiger partial charge on any atom is -0.00221 e. The van der Waals surface area contributed by atoms with Crippen molar-refractivity contribution in [2.45, 2.75) is 32.6 Å². The van der Waals surface area contributed by atoms with E-state index in [1.165, 1.54) is 45.3 Å². The predicted octanol–water partition coefficient (Wildman–Crippen LogP) is 1.96. The Balaban J connectivity index is 2.28. The van der Waals surface area contributed by atoms with E-state index in [1.807, 2.05) is 0 Å². The van der Waals surface area contributed by atoms with Crippen molar-refractivity contribution in [2.75, 3.05) is 33.7 Å². The third kappa shape index (κ3) is 3.97. The van der Waals surface area contributed by atoms with Gasteiger partial charge in [-0.25, -0.2) is 0 Å². The topological polar surface area (TPSA) is 15.3 Å². The Kier molecular flexibility index (Phi) is 5.49. The van der Waals surface area contributed by atoms with Crippen molar-refractivity contribution in [1.82, 2.24) is 10.2 Å². The molecule has 0 saturated carbocycles. The predicted molar refractivity (Wildman–Crippen MR) is 62.5 cm³/mol. The van der Waals surface area contributed by atoms with Gasteiger partial charge in [-0.3, -0.25) is 0 Å². The highest BCUT2D eigenvalue weighted by atomic mass is 15.0. The van der Waals surface area contributed by atoms with Crippen molar-refractivity contribution in [2.24, 2.45) is 11.8 Å². The van der Waals surface area contributed by atoms with Crippen LogP contribution in [0.2, 0.25) is 0 Å². The van der Waals surface area contributed by atoms with Crippen molar-refractivity contribution < 1.29 is 0 Å². The molecule has 0 aromatic heterocycles. The van der Waals surface area contributed by atoms with Gasteiger partial charge >= 0.3 is 0 Å². The van der Waals surface area contributed by atoms with Crippen molar-refractivity contribution in [3.63, 3.8) is 0 Å². The monoisotopic (exact) mass is 198 g/mol. The van der Waals surface area contributed by atoms with Crippen LogP contribution in [0.15, 0.2) is 0 Å². The zero-order valence-corrected chi connectivity index (χ0v) is 10.1. The summed E-state index contributed by atoms with van der Waals surface area (Å²) >= 11 is 0. The molecule has 1 fully saturated rings. The van der Waals surface area contributed by atoms with Gasteiger partial charge in [0.25, 0.3) is 0 Å². The van der Waals surface area contributed by atoms with Crippen molar-refractivity contribution >= 4 is 0 Å². The van der Waals surface area contributed by atoms with Crippen molar-refractivity contribution in [3.8, 4) is 0 Å². The number of hydrogen-bond acceptors (Lipinski definition) is 2. The van der Waals surface area contributed by atoms with E-state index in [1.54, 1.807) is 0 Å². The first kappa shape index (κ1) is 12.0. The molecular weight excluding hydrogens is 172 g/mol. The fraction of sp³-hybridized carbons (Fsp3) is 1.00. The summed E-state index contributed by atoms with van der Waals surface area (Å²) in [4.78, 5) is 2.31. The van der Waals surface area contributed by atoms with Gasteiger partial charge in [0.1, 0.15) is 0 Å². The van der Waals surface area contributed by atoms with Gasteiger partial charge in [-0.15, -0.1) is 0 Å². The average Bonchev–Trinajstić information content (AvgIpc) is 2.20. The lowest BCUT2D eigenvalue weighted by atomic mass is 9.81. The zero-order valence-electron chi connectivity index (χ0n) is 10.1. The second-order valence-corrected chi connectivity index (χ2v) is 4.85. The summed E-state index contributed by atoms with van der Waals surface area (Å²) in [7, 11) is 4.35. The van der Waals surface area contributed by atoms with E-state index in [-0.39, 0.29) is 0 Å². The molecule has 1 rings (SSSR count). The molecule has 1 heterocycles. The van der Waals surface area contributed by atoms with Gasteiger partial charge in [0.2, 0.25) is 0 Å². The summed E-state index contributed by atoms with van der Waals surface area (Å²) in [6.45, 7) is 6.08. The maximum atomic E-state index is 3.45. The minimum Gasteiger partial charge on any atom is -0.317 e. The molecule has 0 spiro atoms. The molecule has 1 aliphatic heterocycles. The summed E-state index contributed by atoms with van der Waals surface area (Å²) in [5, 5.41) is 3.45. The van der Waals surface area contributed by atoms with Crippen molar-refractivity contribution in [3.05, 3.63) is 0 Å². The number of hydrogen-bond donors (Lipinski definition) is 1. The number of nitrogens with one attached hydrogen (secondary N) is 1. The molecule has 2 nitrogen and oxygen atoms in total. The third-order valence-electron chi connectivity index (χ3n) is 3.52. The zero-order chi connectivity index (χ0) is 10.4. The minimum atomic E-state index is 0.958. The van der Waals surface area contributed by atoms with Gasteiger partial charge in [-0.05, 0) is 64.8 Å². The summed E-state index contributed by atoms with van der Waals surface area (Å²) in [6.07, 6.45) is 5.53. The van der Waals surface area contributed by atoms with E-state index in [9.17, 15) is 0 Å². The first-order valence-electron chi connectivity index (χ1n) is 6.09. The SMILES string of the molecule is CCC(CCN(C)C)C1CCNCC1. The third-order valence-corrected chi connectivity index (χ3v) is 3.52. The number of nitrogens with zero attached hydrogens (tertiary/aromatic N) is 1. The number of rotatable bonds is 5. The van der Waals surface area contributed by atoms with E-state index in [0.29, 0.717) is 0 Å². The molecule has 0 aromatic rings. The highest BCUT2D eigenvalue weighted by Crippen LogP contribution is 2.27. The van der Waals surface area contributed by atoms with Crippen LogP contribution in [-0.2, 0) is 0 Å². The fourth-order valence-corrected chi connectivity index (χ4v) is 2.51. The molecule has 1 aliphatic rings. The highest BCUT2D eigenvalue weighted by molar-refractivity contribution is 4.75. The van der Waals surface area contributed by atoms with Crippen LogP contribution in [0.4, 0.5) is 0 Å². The smallest absolute Gasteiger partial charge is 0.00221 e. The average molecular weight is 198 g/mol. The van der Waals surface area contributed by atoms with E-state index in [2.05, 4.69) is 31.2 Å². The Morgan fingerprint density at radius 3 is 2.43 bits per heavy atom. The maximum absolute atomic E-state index is 3.45. The minimum absolute atomic E-state index is 0.958. The lowest BCUT2D eigenvalue weighted by Crippen LogP contribution is -2.32. The summed E-state index contributed by atoms with van der Waals surface area (Å²) in [5.41, 5.74) is 0. The molecule has 1 unspecified atom stereocenters. The van der Waals surface area contributed by atoms with Crippen LogP contribution >= 0.6 is 0 Å². The van der Waals surface area contributed by atoms with Crippen molar-refractivity contribution in [1.29, 1.82) is 0 Å². The molecule has 1 atom stereocenters. The lowest BCUT2D eigenvalue weighted by molar-refractivity contribution is 0.220. The Bertz CT molecular complexity index is 139. The van der Waals surface area contributed by atoms with Crippen LogP contribution < -0.4 is 5.32 Å². The fourth-order valence-electron chi connectivity index (χ4n) is 2.51.